The monoisotopic (exact) mass is 436 g/mol. The summed E-state index contributed by atoms with van der Waals surface area (Å²) in [4.78, 5) is 26.8. The van der Waals surface area contributed by atoms with Crippen molar-refractivity contribution in [2.75, 3.05) is 0 Å². The van der Waals surface area contributed by atoms with Crippen molar-refractivity contribution >= 4 is 22.6 Å². The second-order valence-corrected chi connectivity index (χ2v) is 7.43. The van der Waals surface area contributed by atoms with Crippen molar-refractivity contribution in [2.45, 2.75) is 0 Å². The van der Waals surface area contributed by atoms with Crippen LogP contribution in [0.15, 0.2) is 95.4 Å². The minimum Gasteiger partial charge on any atom is -0.478 e. The van der Waals surface area contributed by atoms with Crippen LogP contribution in [-0.2, 0) is 0 Å². The van der Waals surface area contributed by atoms with Crippen LogP contribution in [0.1, 0.15) is 10.4 Å². The Morgan fingerprint density at radius 1 is 0.818 bits per heavy atom. The van der Waals surface area contributed by atoms with Crippen LogP contribution in [0.5, 0.6) is 0 Å². The van der Waals surface area contributed by atoms with Gasteiger partial charge in [-0.2, -0.15) is 0 Å². The standard InChI is InChI=1S/C26H16N2O5/c29-26(30)21-15-23(27-22-11-10-19(28(31)32)14-20(21)22)25-13-12-24(33-25)18-8-6-17(7-9-18)16-4-2-1-3-5-16/h1-15H,(H,29,30). The Kier molecular flexibility index (Phi) is 4.91. The average molecular weight is 436 g/mol. The number of furan rings is 1. The lowest BCUT2D eigenvalue weighted by Gasteiger charge is -2.06. The van der Waals surface area contributed by atoms with Crippen LogP contribution in [-0.4, -0.2) is 21.0 Å². The Morgan fingerprint density at radius 2 is 1.48 bits per heavy atom. The molecule has 5 aromatic rings. The van der Waals surface area contributed by atoms with Crippen LogP contribution in [0, 0.1) is 10.1 Å². The summed E-state index contributed by atoms with van der Waals surface area (Å²) in [6.45, 7) is 0. The molecule has 5 rings (SSSR count). The number of aromatic carboxylic acids is 1. The summed E-state index contributed by atoms with van der Waals surface area (Å²) >= 11 is 0. The number of carboxylic acid groups (broad SMARTS) is 1. The molecule has 2 heterocycles. The minimum atomic E-state index is -1.20. The molecule has 0 fully saturated rings. The van der Waals surface area contributed by atoms with Gasteiger partial charge in [0.2, 0.25) is 0 Å². The lowest BCUT2D eigenvalue weighted by Crippen LogP contribution is -2.01. The third kappa shape index (κ3) is 3.83. The highest BCUT2D eigenvalue weighted by Gasteiger charge is 2.18. The van der Waals surface area contributed by atoms with Gasteiger partial charge in [-0.1, -0.05) is 54.6 Å². The molecule has 3 aromatic carbocycles. The SMILES string of the molecule is O=C(O)c1cc(-c2ccc(-c3ccc(-c4ccccc4)cc3)o2)nc2ccc([N+](=O)[O-])cc12. The van der Waals surface area contributed by atoms with Gasteiger partial charge in [0.05, 0.1) is 16.0 Å². The predicted octanol–water partition coefficient (Wildman–Crippen LogP) is 6.44. The Morgan fingerprint density at radius 3 is 2.18 bits per heavy atom. The summed E-state index contributed by atoms with van der Waals surface area (Å²) in [7, 11) is 0. The first kappa shape index (κ1) is 20.1. The highest BCUT2D eigenvalue weighted by atomic mass is 16.6. The Labute approximate surface area is 187 Å². The van der Waals surface area contributed by atoms with Gasteiger partial charge in [-0.05, 0) is 35.4 Å². The van der Waals surface area contributed by atoms with Gasteiger partial charge in [-0.25, -0.2) is 9.78 Å². The van der Waals surface area contributed by atoms with Crippen molar-refractivity contribution in [1.29, 1.82) is 0 Å². The van der Waals surface area contributed by atoms with E-state index in [-0.39, 0.29) is 16.6 Å². The van der Waals surface area contributed by atoms with Gasteiger partial charge in [-0.3, -0.25) is 10.1 Å². The number of nitro groups is 1. The van der Waals surface area contributed by atoms with Crippen LogP contribution >= 0.6 is 0 Å². The van der Waals surface area contributed by atoms with Crippen LogP contribution in [0.25, 0.3) is 44.8 Å². The maximum Gasteiger partial charge on any atom is 0.336 e. The fourth-order valence-corrected chi connectivity index (χ4v) is 3.72. The molecule has 0 aliphatic heterocycles. The van der Waals surface area contributed by atoms with E-state index < -0.39 is 10.9 Å². The number of hydrogen-bond acceptors (Lipinski definition) is 5. The van der Waals surface area contributed by atoms with E-state index in [4.69, 9.17) is 4.42 Å². The molecule has 0 unspecified atom stereocenters. The van der Waals surface area contributed by atoms with Crippen molar-refractivity contribution in [2.24, 2.45) is 0 Å². The van der Waals surface area contributed by atoms with Crippen LogP contribution in [0.4, 0.5) is 5.69 Å². The number of hydrogen-bond donors (Lipinski definition) is 1. The molecule has 0 saturated carbocycles. The van der Waals surface area contributed by atoms with E-state index in [9.17, 15) is 20.0 Å². The second-order valence-electron chi connectivity index (χ2n) is 7.43. The molecule has 7 nitrogen and oxygen atoms in total. The van der Waals surface area contributed by atoms with Gasteiger partial charge in [0.15, 0.2) is 5.76 Å². The van der Waals surface area contributed by atoms with Crippen molar-refractivity contribution < 1.29 is 19.2 Å². The van der Waals surface area contributed by atoms with Crippen LogP contribution < -0.4 is 0 Å². The topological polar surface area (TPSA) is 106 Å². The molecule has 0 amide bonds. The number of benzene rings is 3. The molecule has 160 valence electrons. The first-order valence-corrected chi connectivity index (χ1v) is 10.1. The quantitative estimate of drug-likeness (QED) is 0.251. The summed E-state index contributed by atoms with van der Waals surface area (Å²) < 4.78 is 5.98. The number of pyridine rings is 1. The zero-order valence-electron chi connectivity index (χ0n) is 17.1. The molecule has 0 spiro atoms. The van der Waals surface area contributed by atoms with Gasteiger partial charge in [0, 0.05) is 23.1 Å². The van der Waals surface area contributed by atoms with E-state index in [2.05, 4.69) is 4.98 Å². The fraction of sp³-hybridized carbons (Fsp3) is 0. The smallest absolute Gasteiger partial charge is 0.336 e. The molecule has 33 heavy (non-hydrogen) atoms. The van der Waals surface area contributed by atoms with E-state index in [0.29, 0.717) is 22.7 Å². The van der Waals surface area contributed by atoms with Gasteiger partial charge < -0.3 is 9.52 Å². The molecule has 0 bridgehead atoms. The molecule has 1 N–H and O–H groups in total. The van der Waals surface area contributed by atoms with Crippen molar-refractivity contribution in [1.82, 2.24) is 4.98 Å². The molecule has 2 aromatic heterocycles. The first-order valence-electron chi connectivity index (χ1n) is 10.1. The zero-order chi connectivity index (χ0) is 22.9. The molecular weight excluding hydrogens is 420 g/mol. The number of nitrogens with zero attached hydrogens (tertiary/aromatic N) is 2. The van der Waals surface area contributed by atoms with E-state index in [1.807, 2.05) is 54.6 Å². The van der Waals surface area contributed by atoms with Crippen LogP contribution in [0.3, 0.4) is 0 Å². The van der Waals surface area contributed by atoms with Crippen molar-refractivity contribution in [3.63, 3.8) is 0 Å². The highest BCUT2D eigenvalue weighted by molar-refractivity contribution is 6.04. The van der Waals surface area contributed by atoms with E-state index >= 15 is 0 Å². The highest BCUT2D eigenvalue weighted by Crippen LogP contribution is 2.32. The average Bonchev–Trinajstić information content (AvgIpc) is 3.34. The van der Waals surface area contributed by atoms with Crippen molar-refractivity contribution in [3.05, 3.63) is 107 Å². The van der Waals surface area contributed by atoms with Gasteiger partial charge in [-0.15, -0.1) is 0 Å². The van der Waals surface area contributed by atoms with Crippen LogP contribution in [0.2, 0.25) is 0 Å². The summed E-state index contributed by atoms with van der Waals surface area (Å²) in [5, 5.41) is 20.9. The number of carboxylic acids is 1. The normalized spacial score (nSPS) is 10.9. The summed E-state index contributed by atoms with van der Waals surface area (Å²) in [5.74, 6) is -0.181. The zero-order valence-corrected chi connectivity index (χ0v) is 17.1. The van der Waals surface area contributed by atoms with E-state index in [0.717, 1.165) is 16.7 Å². The van der Waals surface area contributed by atoms with Gasteiger partial charge in [0.25, 0.3) is 5.69 Å². The number of rotatable bonds is 5. The molecule has 0 atom stereocenters. The molecule has 0 radical (unpaired) electrons. The number of non-ortho nitro benzene ring substituents is 1. The Balaban J connectivity index is 1.52. The van der Waals surface area contributed by atoms with E-state index in [1.165, 1.54) is 24.3 Å². The number of carbonyl (C=O) groups is 1. The number of aromatic nitrogens is 1. The number of nitro benzene ring substituents is 1. The van der Waals surface area contributed by atoms with Gasteiger partial charge >= 0.3 is 5.97 Å². The summed E-state index contributed by atoms with van der Waals surface area (Å²) in [5.41, 5.74) is 3.47. The summed E-state index contributed by atoms with van der Waals surface area (Å²) in [6.07, 6.45) is 0. The summed E-state index contributed by atoms with van der Waals surface area (Å²) in [6, 6.07) is 26.8. The lowest BCUT2D eigenvalue weighted by molar-refractivity contribution is -0.384. The maximum absolute atomic E-state index is 11.8. The van der Waals surface area contributed by atoms with E-state index in [1.54, 1.807) is 12.1 Å². The maximum atomic E-state index is 11.8. The predicted molar refractivity (Wildman–Crippen MR) is 124 cm³/mol. The third-order valence-electron chi connectivity index (χ3n) is 5.37. The fourth-order valence-electron chi connectivity index (χ4n) is 3.72. The minimum absolute atomic E-state index is 0.0798. The molecule has 0 saturated heterocycles. The Hall–Kier alpha value is -4.78. The van der Waals surface area contributed by atoms with Crippen molar-refractivity contribution in [3.8, 4) is 33.9 Å². The molecule has 0 aliphatic rings. The molecule has 7 heteroatoms. The molecular formula is C26H16N2O5. The molecule has 0 aliphatic carbocycles. The Bertz CT molecular complexity index is 1510. The van der Waals surface area contributed by atoms with Gasteiger partial charge in [0.1, 0.15) is 11.5 Å². The second kappa shape index (κ2) is 8.05. The third-order valence-corrected chi connectivity index (χ3v) is 5.37. The largest absolute Gasteiger partial charge is 0.478 e. The number of fused-ring (bicyclic) bond motifs is 1. The first-order chi connectivity index (χ1) is 16.0. The lowest BCUT2D eigenvalue weighted by atomic mass is 10.0.